The first-order chi connectivity index (χ1) is 12.9. The molecule has 146 valence electrons. The number of aromatic nitrogens is 2. The molecule has 1 aromatic carbocycles. The predicted molar refractivity (Wildman–Crippen MR) is 105 cm³/mol. The largest absolute Gasteiger partial charge is 0.508 e. The number of nitrogens with zero attached hydrogens (tertiary/aromatic N) is 4. The Balaban J connectivity index is 0.000000244. The maximum Gasteiger partial charge on any atom is 0.242 e. The number of anilines is 1. The van der Waals surface area contributed by atoms with Gasteiger partial charge in [-0.3, -0.25) is 4.79 Å². The molecule has 0 saturated carbocycles. The second-order valence-corrected chi connectivity index (χ2v) is 6.85. The van der Waals surface area contributed by atoms with Crippen molar-refractivity contribution < 1.29 is 15.0 Å². The molecule has 9 heteroatoms. The Labute approximate surface area is 168 Å². The van der Waals surface area contributed by atoms with Crippen LogP contribution in [0.5, 0.6) is 5.75 Å². The fourth-order valence-corrected chi connectivity index (χ4v) is 2.80. The zero-order valence-electron chi connectivity index (χ0n) is 15.0. The summed E-state index contributed by atoms with van der Waals surface area (Å²) in [5, 5.41) is 18.6. The molecule has 2 N–H and O–H groups in total. The lowest BCUT2D eigenvalue weighted by Crippen LogP contribution is -2.37. The molecule has 3 rings (SSSR count). The number of aromatic hydroxyl groups is 1. The minimum Gasteiger partial charge on any atom is -0.508 e. The second kappa shape index (κ2) is 10.3. The van der Waals surface area contributed by atoms with E-state index in [1.807, 2.05) is 11.9 Å². The summed E-state index contributed by atoms with van der Waals surface area (Å²) in [6, 6.07) is 6.15. The van der Waals surface area contributed by atoms with Crippen LogP contribution in [-0.4, -0.2) is 57.7 Å². The highest BCUT2D eigenvalue weighted by molar-refractivity contribution is 6.42. The van der Waals surface area contributed by atoms with Gasteiger partial charge >= 0.3 is 0 Å². The SMILES string of the molecule is CN(CC(=O)N1CCCC1)c1ccnc(CO)n1.Oc1ccc(Cl)c(Cl)c1. The van der Waals surface area contributed by atoms with Crippen LogP contribution in [0.25, 0.3) is 0 Å². The molecule has 2 heterocycles. The van der Waals surface area contributed by atoms with E-state index < -0.39 is 0 Å². The van der Waals surface area contributed by atoms with Gasteiger partial charge in [-0.05, 0) is 37.1 Å². The molecule has 1 aliphatic rings. The van der Waals surface area contributed by atoms with Crippen LogP contribution in [0, 0.1) is 0 Å². The molecule has 0 atom stereocenters. The number of halogens is 2. The third-order valence-corrected chi connectivity index (χ3v) is 4.70. The van der Waals surface area contributed by atoms with E-state index in [-0.39, 0.29) is 18.3 Å². The summed E-state index contributed by atoms with van der Waals surface area (Å²) in [6.45, 7) is 1.83. The molecular weight excluding hydrogens is 391 g/mol. The van der Waals surface area contributed by atoms with Gasteiger partial charge in [0, 0.05) is 26.3 Å². The van der Waals surface area contributed by atoms with E-state index in [4.69, 9.17) is 33.4 Å². The lowest BCUT2D eigenvalue weighted by atomic mass is 10.3. The monoisotopic (exact) mass is 412 g/mol. The van der Waals surface area contributed by atoms with E-state index in [1.165, 1.54) is 12.1 Å². The molecular formula is C18H22Cl2N4O3. The van der Waals surface area contributed by atoms with Crippen LogP contribution in [0.2, 0.25) is 10.0 Å². The van der Waals surface area contributed by atoms with Gasteiger partial charge in [-0.25, -0.2) is 9.97 Å². The van der Waals surface area contributed by atoms with Crippen molar-refractivity contribution in [2.24, 2.45) is 0 Å². The molecule has 0 spiro atoms. The number of carbonyl (C=O) groups is 1. The topological polar surface area (TPSA) is 89.8 Å². The van der Waals surface area contributed by atoms with E-state index in [9.17, 15) is 4.79 Å². The molecule has 0 aliphatic carbocycles. The number of benzene rings is 1. The van der Waals surface area contributed by atoms with E-state index >= 15 is 0 Å². The highest BCUT2D eigenvalue weighted by Gasteiger charge is 2.19. The predicted octanol–water partition coefficient (Wildman–Crippen LogP) is 2.73. The normalized spacial score (nSPS) is 13.1. The number of carbonyl (C=O) groups excluding carboxylic acids is 1. The van der Waals surface area contributed by atoms with Crippen LogP contribution in [0.15, 0.2) is 30.5 Å². The molecule has 2 aromatic rings. The highest BCUT2D eigenvalue weighted by atomic mass is 35.5. The average molecular weight is 413 g/mol. The fraction of sp³-hybridized carbons (Fsp3) is 0.389. The molecule has 0 unspecified atom stereocenters. The smallest absolute Gasteiger partial charge is 0.242 e. The van der Waals surface area contributed by atoms with Crippen molar-refractivity contribution in [1.82, 2.24) is 14.9 Å². The lowest BCUT2D eigenvalue weighted by molar-refractivity contribution is -0.128. The number of hydrogen-bond donors (Lipinski definition) is 2. The van der Waals surface area contributed by atoms with Gasteiger partial charge in [-0.15, -0.1) is 0 Å². The van der Waals surface area contributed by atoms with E-state index in [0.29, 0.717) is 28.2 Å². The molecule has 7 nitrogen and oxygen atoms in total. The minimum atomic E-state index is -0.193. The van der Waals surface area contributed by atoms with Gasteiger partial charge < -0.3 is 20.0 Å². The average Bonchev–Trinajstić information content (AvgIpc) is 3.20. The van der Waals surface area contributed by atoms with Gasteiger partial charge in [0.25, 0.3) is 0 Å². The van der Waals surface area contributed by atoms with Gasteiger partial charge in [0.1, 0.15) is 18.2 Å². The van der Waals surface area contributed by atoms with Crippen LogP contribution < -0.4 is 4.90 Å². The van der Waals surface area contributed by atoms with Crippen LogP contribution >= 0.6 is 23.2 Å². The van der Waals surface area contributed by atoms with Gasteiger partial charge in [-0.2, -0.15) is 0 Å². The number of likely N-dealkylation sites (tertiary alicyclic amines) is 1. The van der Waals surface area contributed by atoms with Gasteiger partial charge in [0.05, 0.1) is 16.6 Å². The molecule has 0 radical (unpaired) electrons. The molecule has 27 heavy (non-hydrogen) atoms. The Morgan fingerprint density at radius 2 is 1.93 bits per heavy atom. The zero-order chi connectivity index (χ0) is 19.8. The third kappa shape index (κ3) is 6.53. The quantitative estimate of drug-likeness (QED) is 0.801. The van der Waals surface area contributed by atoms with E-state index in [1.54, 1.807) is 23.2 Å². The first kappa shape index (κ1) is 21.2. The number of aliphatic hydroxyl groups excluding tert-OH is 1. The van der Waals surface area contributed by atoms with Gasteiger partial charge in [0.15, 0.2) is 5.82 Å². The molecule has 1 aliphatic heterocycles. The molecule has 1 aromatic heterocycles. The van der Waals surface area contributed by atoms with Gasteiger partial charge in [0.2, 0.25) is 5.91 Å². The standard InChI is InChI=1S/C12H18N4O2.C6H4Cl2O/c1-15(8-12(18)16-6-2-3-7-16)11-4-5-13-10(9-17)14-11;7-5-2-1-4(9)3-6(5)8/h4-5,17H,2-3,6-9H2,1H3;1-3,9H. The van der Waals surface area contributed by atoms with Crippen LogP contribution in [0.3, 0.4) is 0 Å². The minimum absolute atomic E-state index is 0.124. The van der Waals surface area contributed by atoms with Crippen molar-refractivity contribution in [3.63, 3.8) is 0 Å². The van der Waals surface area contributed by atoms with Crippen molar-refractivity contribution in [2.45, 2.75) is 19.4 Å². The van der Waals surface area contributed by atoms with Crippen LogP contribution in [0.4, 0.5) is 5.82 Å². The van der Waals surface area contributed by atoms with Crippen LogP contribution in [-0.2, 0) is 11.4 Å². The van der Waals surface area contributed by atoms with Crippen molar-refractivity contribution in [2.75, 3.05) is 31.6 Å². The number of rotatable bonds is 4. The lowest BCUT2D eigenvalue weighted by Gasteiger charge is -2.22. The summed E-state index contributed by atoms with van der Waals surface area (Å²) in [5.41, 5.74) is 0. The summed E-state index contributed by atoms with van der Waals surface area (Å²) < 4.78 is 0. The Hall–Kier alpha value is -2.09. The highest BCUT2D eigenvalue weighted by Crippen LogP contribution is 2.25. The van der Waals surface area contributed by atoms with E-state index in [0.717, 1.165) is 25.9 Å². The maximum atomic E-state index is 12.0. The Kier molecular flexibility index (Phi) is 8.09. The Morgan fingerprint density at radius 1 is 1.22 bits per heavy atom. The summed E-state index contributed by atoms with van der Waals surface area (Å²) in [5.74, 6) is 1.28. The van der Waals surface area contributed by atoms with Crippen molar-refractivity contribution in [3.8, 4) is 5.75 Å². The first-order valence-electron chi connectivity index (χ1n) is 8.46. The van der Waals surface area contributed by atoms with E-state index in [2.05, 4.69) is 9.97 Å². The summed E-state index contributed by atoms with van der Waals surface area (Å²) in [6.07, 6.45) is 3.78. The second-order valence-electron chi connectivity index (χ2n) is 6.03. The Bertz CT molecular complexity index is 770. The number of hydrogen-bond acceptors (Lipinski definition) is 6. The zero-order valence-corrected chi connectivity index (χ0v) is 16.5. The molecule has 1 fully saturated rings. The summed E-state index contributed by atoms with van der Waals surface area (Å²) in [4.78, 5) is 23.7. The number of phenolic OH excluding ortho intramolecular Hbond substituents is 1. The third-order valence-electron chi connectivity index (χ3n) is 3.96. The molecule has 0 bridgehead atoms. The van der Waals surface area contributed by atoms with Crippen molar-refractivity contribution in [3.05, 3.63) is 46.3 Å². The molecule has 1 amide bonds. The summed E-state index contributed by atoms with van der Waals surface area (Å²) in [7, 11) is 1.82. The van der Waals surface area contributed by atoms with Crippen molar-refractivity contribution in [1.29, 1.82) is 0 Å². The van der Waals surface area contributed by atoms with Gasteiger partial charge in [-0.1, -0.05) is 23.2 Å². The molecule has 1 saturated heterocycles. The Morgan fingerprint density at radius 3 is 2.52 bits per heavy atom. The first-order valence-corrected chi connectivity index (χ1v) is 9.22. The number of aliphatic hydroxyl groups is 1. The number of phenols is 1. The van der Waals surface area contributed by atoms with Crippen LogP contribution in [0.1, 0.15) is 18.7 Å². The van der Waals surface area contributed by atoms with Crippen molar-refractivity contribution >= 4 is 34.9 Å². The number of likely N-dealkylation sites (N-methyl/N-ethyl adjacent to an activating group) is 1. The number of amides is 1. The maximum absolute atomic E-state index is 12.0. The fourth-order valence-electron chi connectivity index (χ4n) is 2.51. The summed E-state index contributed by atoms with van der Waals surface area (Å²) >= 11 is 11.1.